The van der Waals surface area contributed by atoms with E-state index < -0.39 is 10.0 Å². The number of nitrogens with one attached hydrogen (secondary N) is 1. The number of amides is 1. The summed E-state index contributed by atoms with van der Waals surface area (Å²) >= 11 is 0. The van der Waals surface area contributed by atoms with E-state index in [0.717, 1.165) is 5.56 Å². The van der Waals surface area contributed by atoms with Gasteiger partial charge >= 0.3 is 0 Å². The lowest BCUT2D eigenvalue weighted by atomic mass is 9.95. The molecule has 0 bridgehead atoms. The fourth-order valence-electron chi connectivity index (χ4n) is 3.16. The maximum atomic E-state index is 12.7. The molecule has 1 aliphatic heterocycles. The molecule has 1 heterocycles. The van der Waals surface area contributed by atoms with Gasteiger partial charge in [0.1, 0.15) is 0 Å². The van der Waals surface area contributed by atoms with Gasteiger partial charge in [-0.1, -0.05) is 43.3 Å². The van der Waals surface area contributed by atoms with Crippen molar-refractivity contribution in [3.63, 3.8) is 0 Å². The van der Waals surface area contributed by atoms with Gasteiger partial charge in [-0.3, -0.25) is 9.10 Å². The number of hydrogen-bond acceptors (Lipinski definition) is 3. The summed E-state index contributed by atoms with van der Waals surface area (Å²) in [5.41, 5.74) is 2.18. The minimum Gasteiger partial charge on any atom is -0.325 e. The minimum absolute atomic E-state index is 0.0878. The zero-order chi connectivity index (χ0) is 17.9. The molecule has 1 fully saturated rings. The average Bonchev–Trinajstić information content (AvgIpc) is 2.96. The van der Waals surface area contributed by atoms with Crippen LogP contribution >= 0.6 is 0 Å². The smallest absolute Gasteiger partial charge is 0.235 e. The van der Waals surface area contributed by atoms with Crippen LogP contribution in [0, 0.1) is 0 Å². The van der Waals surface area contributed by atoms with E-state index in [1.165, 1.54) is 4.31 Å². The number of carbonyl (C=O) groups excluding carboxylic acids is 1. The fraction of sp³-hybridized carbons (Fsp3) is 0.316. The van der Waals surface area contributed by atoms with Crippen LogP contribution in [0.3, 0.4) is 0 Å². The van der Waals surface area contributed by atoms with Gasteiger partial charge in [0.2, 0.25) is 15.9 Å². The van der Waals surface area contributed by atoms with Crippen LogP contribution in [0.15, 0.2) is 54.6 Å². The SMILES string of the molecule is CCC(C(=O)Nc1cccc(N2CCCS2(=O)=O)c1)c1ccccc1. The molecule has 132 valence electrons. The Morgan fingerprint density at radius 3 is 2.56 bits per heavy atom. The van der Waals surface area contributed by atoms with Crippen LogP contribution in [0.4, 0.5) is 11.4 Å². The highest BCUT2D eigenvalue weighted by molar-refractivity contribution is 7.93. The molecule has 2 aromatic carbocycles. The lowest BCUT2D eigenvalue weighted by Crippen LogP contribution is -2.25. The van der Waals surface area contributed by atoms with Crippen molar-refractivity contribution in [1.82, 2.24) is 0 Å². The molecule has 1 aliphatic rings. The van der Waals surface area contributed by atoms with E-state index in [1.807, 2.05) is 37.3 Å². The third-order valence-electron chi connectivity index (χ3n) is 4.43. The van der Waals surface area contributed by atoms with Crippen molar-refractivity contribution in [1.29, 1.82) is 0 Å². The van der Waals surface area contributed by atoms with Gasteiger partial charge in [0.05, 0.1) is 17.4 Å². The van der Waals surface area contributed by atoms with Crippen molar-refractivity contribution in [2.45, 2.75) is 25.7 Å². The molecule has 2 aromatic rings. The Kier molecular flexibility index (Phi) is 5.08. The molecule has 0 aliphatic carbocycles. The standard InChI is InChI=1S/C19H22N2O3S/c1-2-18(15-8-4-3-5-9-15)19(22)20-16-10-6-11-17(14-16)21-12-7-13-25(21,23)24/h3-6,8-11,14,18H,2,7,12-13H2,1H3,(H,20,22). The molecule has 0 aromatic heterocycles. The first-order valence-electron chi connectivity index (χ1n) is 8.47. The summed E-state index contributed by atoms with van der Waals surface area (Å²) in [5.74, 6) is -0.148. The summed E-state index contributed by atoms with van der Waals surface area (Å²) in [4.78, 5) is 12.7. The molecule has 1 atom stereocenters. The molecule has 1 saturated heterocycles. The van der Waals surface area contributed by atoms with Crippen LogP contribution in [-0.4, -0.2) is 26.6 Å². The monoisotopic (exact) mass is 358 g/mol. The van der Waals surface area contributed by atoms with E-state index >= 15 is 0 Å². The third-order valence-corrected chi connectivity index (χ3v) is 6.30. The highest BCUT2D eigenvalue weighted by Gasteiger charge is 2.28. The Labute approximate surface area is 148 Å². The van der Waals surface area contributed by atoms with E-state index in [4.69, 9.17) is 0 Å². The number of benzene rings is 2. The summed E-state index contributed by atoms with van der Waals surface area (Å²) in [6.45, 7) is 2.46. The van der Waals surface area contributed by atoms with Crippen molar-refractivity contribution in [2.75, 3.05) is 21.9 Å². The molecule has 0 saturated carbocycles. The molecule has 3 rings (SSSR count). The van der Waals surface area contributed by atoms with Crippen LogP contribution in [-0.2, 0) is 14.8 Å². The number of rotatable bonds is 5. The molecular weight excluding hydrogens is 336 g/mol. The summed E-state index contributed by atoms with van der Waals surface area (Å²) in [6, 6.07) is 16.7. The number of sulfonamides is 1. The molecule has 6 heteroatoms. The Morgan fingerprint density at radius 1 is 1.16 bits per heavy atom. The van der Waals surface area contributed by atoms with Gasteiger partial charge in [-0.25, -0.2) is 8.42 Å². The zero-order valence-corrected chi connectivity index (χ0v) is 15.0. The first-order chi connectivity index (χ1) is 12.0. The second-order valence-electron chi connectivity index (χ2n) is 6.15. The molecule has 0 radical (unpaired) electrons. The second kappa shape index (κ2) is 7.27. The van der Waals surface area contributed by atoms with E-state index in [2.05, 4.69) is 5.32 Å². The summed E-state index contributed by atoms with van der Waals surface area (Å²) in [6.07, 6.45) is 1.32. The Bertz CT molecular complexity index is 850. The first kappa shape index (κ1) is 17.5. The van der Waals surface area contributed by atoms with E-state index in [-0.39, 0.29) is 17.6 Å². The first-order valence-corrected chi connectivity index (χ1v) is 10.1. The molecule has 1 unspecified atom stereocenters. The van der Waals surface area contributed by atoms with Gasteiger partial charge < -0.3 is 5.32 Å². The van der Waals surface area contributed by atoms with E-state index in [9.17, 15) is 13.2 Å². The van der Waals surface area contributed by atoms with Crippen LogP contribution in [0.25, 0.3) is 0 Å². The predicted octanol–water partition coefficient (Wildman–Crippen LogP) is 3.36. The van der Waals surface area contributed by atoms with Crippen molar-refractivity contribution in [3.8, 4) is 0 Å². The number of carbonyl (C=O) groups is 1. The van der Waals surface area contributed by atoms with Crippen molar-refractivity contribution in [2.24, 2.45) is 0 Å². The van der Waals surface area contributed by atoms with Crippen molar-refractivity contribution >= 4 is 27.3 Å². The number of nitrogens with zero attached hydrogens (tertiary/aromatic N) is 1. The van der Waals surface area contributed by atoms with Crippen LogP contribution in [0.2, 0.25) is 0 Å². The Balaban J connectivity index is 1.79. The summed E-state index contributed by atoms with van der Waals surface area (Å²) in [5, 5.41) is 2.92. The van der Waals surface area contributed by atoms with Crippen LogP contribution < -0.4 is 9.62 Å². The molecule has 1 N–H and O–H groups in total. The van der Waals surface area contributed by atoms with Gasteiger partial charge in [-0.15, -0.1) is 0 Å². The maximum Gasteiger partial charge on any atom is 0.235 e. The summed E-state index contributed by atoms with van der Waals surface area (Å²) in [7, 11) is -3.23. The van der Waals surface area contributed by atoms with Gasteiger partial charge in [-0.2, -0.15) is 0 Å². The minimum atomic E-state index is -3.23. The molecule has 0 spiro atoms. The molecule has 5 nitrogen and oxygen atoms in total. The van der Waals surface area contributed by atoms with Crippen molar-refractivity contribution in [3.05, 3.63) is 60.2 Å². The second-order valence-corrected chi connectivity index (χ2v) is 8.17. The van der Waals surface area contributed by atoms with Crippen LogP contribution in [0.1, 0.15) is 31.2 Å². The van der Waals surface area contributed by atoms with Crippen LogP contribution in [0.5, 0.6) is 0 Å². The Hall–Kier alpha value is -2.34. The quantitative estimate of drug-likeness (QED) is 0.891. The molecular formula is C19H22N2O3S. The zero-order valence-electron chi connectivity index (χ0n) is 14.2. The summed E-state index contributed by atoms with van der Waals surface area (Å²) < 4.78 is 25.6. The number of hydrogen-bond donors (Lipinski definition) is 1. The normalized spacial score (nSPS) is 17.2. The van der Waals surface area contributed by atoms with Crippen molar-refractivity contribution < 1.29 is 13.2 Å². The topological polar surface area (TPSA) is 66.5 Å². The van der Waals surface area contributed by atoms with Gasteiger partial charge in [0.25, 0.3) is 0 Å². The van der Waals surface area contributed by atoms with E-state index in [1.54, 1.807) is 24.3 Å². The molecule has 25 heavy (non-hydrogen) atoms. The lowest BCUT2D eigenvalue weighted by molar-refractivity contribution is -0.117. The van der Waals surface area contributed by atoms with Gasteiger partial charge in [0.15, 0.2) is 0 Å². The third kappa shape index (κ3) is 3.85. The Morgan fingerprint density at radius 2 is 1.92 bits per heavy atom. The maximum absolute atomic E-state index is 12.7. The van der Waals surface area contributed by atoms with Gasteiger partial charge in [-0.05, 0) is 36.6 Å². The lowest BCUT2D eigenvalue weighted by Gasteiger charge is -2.19. The highest BCUT2D eigenvalue weighted by atomic mass is 32.2. The largest absolute Gasteiger partial charge is 0.325 e. The highest BCUT2D eigenvalue weighted by Crippen LogP contribution is 2.27. The molecule has 1 amide bonds. The predicted molar refractivity (Wildman–Crippen MR) is 100 cm³/mol. The fourth-order valence-corrected chi connectivity index (χ4v) is 4.71. The average molecular weight is 358 g/mol. The van der Waals surface area contributed by atoms with E-state index in [0.29, 0.717) is 30.8 Å². The number of anilines is 2. The van der Waals surface area contributed by atoms with Gasteiger partial charge in [0, 0.05) is 12.2 Å².